The van der Waals surface area contributed by atoms with E-state index in [0.29, 0.717) is 6.42 Å². The van der Waals surface area contributed by atoms with E-state index in [-0.39, 0.29) is 37.8 Å². The Labute approximate surface area is 276 Å². The largest absolute Gasteiger partial charge is 0.480 e. The van der Waals surface area contributed by atoms with Gasteiger partial charge in [-0.2, -0.15) is 0 Å². The molecule has 0 radical (unpaired) electrons. The SMILES string of the molecule is CN(CC(=O)O)C(=O)[C@H](Cc1ccc(I)cc1)N1CCC=CC[C@H](N(C)C(=O)OCC2c3ccccc3-c3ccccc32)C1=O. The van der Waals surface area contributed by atoms with E-state index in [1.807, 2.05) is 72.8 Å². The molecule has 0 unspecified atom stereocenters. The van der Waals surface area contributed by atoms with Gasteiger partial charge in [-0.1, -0.05) is 72.8 Å². The molecule has 0 bridgehead atoms. The highest BCUT2D eigenvalue weighted by atomic mass is 127. The van der Waals surface area contributed by atoms with Crippen molar-refractivity contribution in [2.24, 2.45) is 0 Å². The molecule has 0 spiro atoms. The summed E-state index contributed by atoms with van der Waals surface area (Å²) in [4.78, 5) is 56.8. The lowest BCUT2D eigenvalue weighted by Crippen LogP contribution is -2.57. The van der Waals surface area contributed by atoms with Gasteiger partial charge in [0, 0.05) is 36.5 Å². The summed E-state index contributed by atoms with van der Waals surface area (Å²) in [5.74, 6) is -2.13. The van der Waals surface area contributed by atoms with Gasteiger partial charge in [0.2, 0.25) is 11.8 Å². The van der Waals surface area contributed by atoms with Crippen LogP contribution < -0.4 is 0 Å². The van der Waals surface area contributed by atoms with E-state index < -0.39 is 36.6 Å². The highest BCUT2D eigenvalue weighted by Gasteiger charge is 2.39. The average molecular weight is 722 g/mol. The number of hydrogen-bond acceptors (Lipinski definition) is 5. The van der Waals surface area contributed by atoms with Crippen LogP contribution in [0.5, 0.6) is 0 Å². The predicted octanol–water partition coefficient (Wildman–Crippen LogP) is 5.17. The third kappa shape index (κ3) is 7.22. The number of halogens is 1. The standard InChI is InChI=1S/C35H36IN3O6/c1-37(21-32(40)41)33(42)31(20-23-15-17-24(36)18-16-23)39-19-9-3-4-14-30(34(39)43)38(2)35(44)45-22-29-27-12-7-5-10-25(27)26-11-6-8-13-28(26)29/h3-8,10-13,15-18,29-31H,9,14,19-22H2,1-2H3,(H,40,41)/t30-,31-/m0/s1. The molecule has 2 aliphatic rings. The number of nitrogens with zero attached hydrogens (tertiary/aromatic N) is 3. The van der Waals surface area contributed by atoms with Crippen LogP contribution in [0, 0.1) is 3.57 Å². The van der Waals surface area contributed by atoms with Crippen molar-refractivity contribution in [2.45, 2.75) is 37.3 Å². The van der Waals surface area contributed by atoms with Crippen LogP contribution in [0.3, 0.4) is 0 Å². The Balaban J connectivity index is 1.36. The first-order valence-electron chi connectivity index (χ1n) is 14.9. The summed E-state index contributed by atoms with van der Waals surface area (Å²) in [6.07, 6.45) is 4.16. The van der Waals surface area contributed by atoms with Crippen molar-refractivity contribution in [1.82, 2.24) is 14.7 Å². The van der Waals surface area contributed by atoms with Crippen molar-refractivity contribution in [1.29, 1.82) is 0 Å². The number of carboxylic acid groups (broad SMARTS) is 1. The Kier molecular flexibility index (Phi) is 10.2. The minimum atomic E-state index is -1.14. The van der Waals surface area contributed by atoms with Crippen molar-refractivity contribution in [3.05, 3.63) is 105 Å². The second-order valence-corrected chi connectivity index (χ2v) is 12.6. The summed E-state index contributed by atoms with van der Waals surface area (Å²) >= 11 is 2.20. The third-order valence-corrected chi connectivity index (χ3v) is 9.19. The van der Waals surface area contributed by atoms with E-state index >= 15 is 0 Å². The number of benzene rings is 3. The molecule has 3 amide bonds. The molecule has 5 rings (SSSR count). The summed E-state index contributed by atoms with van der Waals surface area (Å²) in [5, 5.41) is 9.35. The first kappa shape index (κ1) is 32.2. The van der Waals surface area contributed by atoms with Crippen LogP contribution >= 0.6 is 22.6 Å². The second-order valence-electron chi connectivity index (χ2n) is 11.4. The van der Waals surface area contributed by atoms with Crippen molar-refractivity contribution >= 4 is 46.5 Å². The Morgan fingerprint density at radius 2 is 1.58 bits per heavy atom. The molecule has 9 nitrogen and oxygen atoms in total. The highest BCUT2D eigenvalue weighted by molar-refractivity contribution is 14.1. The smallest absolute Gasteiger partial charge is 0.410 e. The molecule has 1 aliphatic heterocycles. The molecule has 3 aromatic rings. The molecule has 3 aromatic carbocycles. The van der Waals surface area contributed by atoms with Gasteiger partial charge in [-0.15, -0.1) is 0 Å². The van der Waals surface area contributed by atoms with Crippen LogP contribution in [-0.2, 0) is 25.5 Å². The van der Waals surface area contributed by atoms with Crippen molar-refractivity contribution in [3.8, 4) is 11.1 Å². The molecule has 0 aromatic heterocycles. The normalized spacial score (nSPS) is 16.6. The van der Waals surface area contributed by atoms with E-state index in [1.54, 1.807) is 7.05 Å². The number of aliphatic carboxylic acids is 1. The molecule has 0 fully saturated rings. The van der Waals surface area contributed by atoms with Gasteiger partial charge in [0.25, 0.3) is 0 Å². The zero-order valence-electron chi connectivity index (χ0n) is 25.3. The predicted molar refractivity (Wildman–Crippen MR) is 179 cm³/mol. The maximum atomic E-state index is 14.2. The number of carboxylic acids is 1. The summed E-state index contributed by atoms with van der Waals surface area (Å²) in [7, 11) is 2.97. The van der Waals surface area contributed by atoms with Crippen LogP contribution in [0.4, 0.5) is 4.79 Å². The van der Waals surface area contributed by atoms with Gasteiger partial charge in [0.1, 0.15) is 25.2 Å². The fraction of sp³-hybridized carbons (Fsp3) is 0.314. The number of amides is 3. The van der Waals surface area contributed by atoms with E-state index in [2.05, 4.69) is 34.7 Å². The molecule has 45 heavy (non-hydrogen) atoms. The second kappa shape index (κ2) is 14.3. The van der Waals surface area contributed by atoms with E-state index in [0.717, 1.165) is 36.3 Å². The topological polar surface area (TPSA) is 107 Å². The Hall–Kier alpha value is -4.19. The molecule has 2 atom stereocenters. The molecular formula is C35H36IN3O6. The van der Waals surface area contributed by atoms with E-state index in [9.17, 15) is 24.3 Å². The molecule has 0 saturated carbocycles. The fourth-order valence-electron chi connectivity index (χ4n) is 6.13. The third-order valence-electron chi connectivity index (χ3n) is 8.47. The molecule has 234 valence electrons. The minimum Gasteiger partial charge on any atom is -0.480 e. The van der Waals surface area contributed by atoms with Gasteiger partial charge < -0.3 is 19.6 Å². The quantitative estimate of drug-likeness (QED) is 0.242. The summed E-state index contributed by atoms with van der Waals surface area (Å²) in [6, 6.07) is 21.9. The zero-order valence-corrected chi connectivity index (χ0v) is 27.4. The monoisotopic (exact) mass is 721 g/mol. The van der Waals surface area contributed by atoms with E-state index in [4.69, 9.17) is 4.74 Å². The number of ether oxygens (including phenoxy) is 1. The molecule has 0 saturated heterocycles. The van der Waals surface area contributed by atoms with Gasteiger partial charge in [0.15, 0.2) is 0 Å². The zero-order chi connectivity index (χ0) is 32.1. The first-order chi connectivity index (χ1) is 21.7. The maximum Gasteiger partial charge on any atom is 0.410 e. The van der Waals surface area contributed by atoms with E-state index in [1.165, 1.54) is 16.8 Å². The van der Waals surface area contributed by atoms with Gasteiger partial charge in [-0.25, -0.2) is 4.79 Å². The molecule has 10 heteroatoms. The lowest BCUT2D eigenvalue weighted by molar-refractivity contribution is -0.150. The number of fused-ring (bicyclic) bond motifs is 3. The van der Waals surface area contributed by atoms with Crippen LogP contribution in [0.2, 0.25) is 0 Å². The lowest BCUT2D eigenvalue weighted by atomic mass is 9.98. The van der Waals surface area contributed by atoms with Crippen LogP contribution in [0.25, 0.3) is 11.1 Å². The lowest BCUT2D eigenvalue weighted by Gasteiger charge is -2.38. The summed E-state index contributed by atoms with van der Waals surface area (Å²) in [5.41, 5.74) is 5.26. The van der Waals surface area contributed by atoms with Gasteiger partial charge in [0.05, 0.1) is 0 Å². The van der Waals surface area contributed by atoms with Crippen LogP contribution in [0.15, 0.2) is 84.9 Å². The van der Waals surface area contributed by atoms with Crippen LogP contribution in [-0.4, -0.2) is 89.6 Å². The average Bonchev–Trinajstić information content (AvgIpc) is 3.34. The first-order valence-corrected chi connectivity index (χ1v) is 16.0. The van der Waals surface area contributed by atoms with Gasteiger partial charge in [-0.05, 0) is 75.4 Å². The van der Waals surface area contributed by atoms with Crippen molar-refractivity contribution in [3.63, 3.8) is 0 Å². The van der Waals surface area contributed by atoms with Crippen molar-refractivity contribution < 1.29 is 29.0 Å². The summed E-state index contributed by atoms with van der Waals surface area (Å²) in [6.45, 7) is -0.134. The van der Waals surface area contributed by atoms with Crippen LogP contribution in [0.1, 0.15) is 35.4 Å². The number of hydrogen-bond donors (Lipinski definition) is 1. The number of carbonyl (C=O) groups is 4. The molecule has 1 N–H and O–H groups in total. The number of rotatable bonds is 9. The number of likely N-dealkylation sites (N-methyl/N-ethyl adjacent to an activating group) is 2. The minimum absolute atomic E-state index is 0.117. The molecule has 1 aliphatic carbocycles. The molecule has 1 heterocycles. The van der Waals surface area contributed by atoms with Gasteiger partial charge in [-0.3, -0.25) is 19.3 Å². The number of carbonyl (C=O) groups excluding carboxylic acids is 3. The maximum absolute atomic E-state index is 14.2. The summed E-state index contributed by atoms with van der Waals surface area (Å²) < 4.78 is 6.89. The Morgan fingerprint density at radius 3 is 2.20 bits per heavy atom. The van der Waals surface area contributed by atoms with Gasteiger partial charge >= 0.3 is 12.1 Å². The molecular weight excluding hydrogens is 685 g/mol. The Morgan fingerprint density at radius 1 is 0.956 bits per heavy atom. The fourth-order valence-corrected chi connectivity index (χ4v) is 6.48. The van der Waals surface area contributed by atoms with Crippen molar-refractivity contribution in [2.75, 3.05) is 33.8 Å². The Bertz CT molecular complexity index is 1560. The highest BCUT2D eigenvalue weighted by Crippen LogP contribution is 2.44.